The van der Waals surface area contributed by atoms with Crippen molar-refractivity contribution < 1.29 is 34.0 Å². The van der Waals surface area contributed by atoms with E-state index in [2.05, 4.69) is 0 Å². The maximum Gasteiger partial charge on any atom is 0.200 e. The Kier molecular flexibility index (Phi) is 6.20. The normalized spacial score (nSPS) is 16.2. The van der Waals surface area contributed by atoms with Gasteiger partial charge in [0.25, 0.3) is 0 Å². The molecule has 0 saturated heterocycles. The zero-order valence-corrected chi connectivity index (χ0v) is 17.3. The molecule has 1 saturated carbocycles. The van der Waals surface area contributed by atoms with Crippen LogP contribution in [0.4, 0.5) is 0 Å². The van der Waals surface area contributed by atoms with Gasteiger partial charge in [-0.25, -0.2) is 0 Å². The molecule has 0 bridgehead atoms. The number of carbonyl (C=O) groups is 1. The quantitative estimate of drug-likeness (QED) is 0.694. The topological polar surface area (TPSA) is 94.5 Å². The Morgan fingerprint density at radius 3 is 1.23 bits per heavy atom. The van der Waals surface area contributed by atoms with Crippen molar-refractivity contribution in [3.63, 3.8) is 0 Å². The number of methoxy groups -OCH3 is 4. The molecule has 30 heavy (non-hydrogen) atoms. The number of aromatic hydroxyl groups is 2. The van der Waals surface area contributed by atoms with Gasteiger partial charge in [-0.3, -0.25) is 4.79 Å². The van der Waals surface area contributed by atoms with Crippen LogP contribution in [0, 0.1) is 0 Å². The second kappa shape index (κ2) is 8.82. The van der Waals surface area contributed by atoms with Crippen LogP contribution < -0.4 is 18.9 Å². The number of rotatable bonds is 6. The molecule has 0 aromatic heterocycles. The predicted molar refractivity (Wildman–Crippen MR) is 113 cm³/mol. The summed E-state index contributed by atoms with van der Waals surface area (Å²) in [4.78, 5) is 12.9. The lowest BCUT2D eigenvalue weighted by Crippen LogP contribution is -1.97. The van der Waals surface area contributed by atoms with E-state index in [4.69, 9.17) is 18.9 Å². The average Bonchev–Trinajstić information content (AvgIpc) is 3.09. The molecule has 1 aliphatic carbocycles. The fraction of sp³-hybridized carbons (Fsp3) is 0.261. The van der Waals surface area contributed by atoms with Crippen LogP contribution in [0.1, 0.15) is 24.0 Å². The van der Waals surface area contributed by atoms with Gasteiger partial charge in [-0.15, -0.1) is 0 Å². The minimum atomic E-state index is -0.0873. The van der Waals surface area contributed by atoms with E-state index in [1.807, 2.05) is 0 Å². The maximum atomic E-state index is 12.9. The van der Waals surface area contributed by atoms with Crippen LogP contribution >= 0.6 is 0 Å². The summed E-state index contributed by atoms with van der Waals surface area (Å²) in [7, 11) is 5.81. The Bertz CT molecular complexity index is 902. The first-order valence-corrected chi connectivity index (χ1v) is 9.27. The number of ether oxygens (including phenoxy) is 4. The van der Waals surface area contributed by atoms with Gasteiger partial charge in [0, 0.05) is 11.1 Å². The number of phenolic OH excluding ortho intramolecular Hbond substituents is 2. The van der Waals surface area contributed by atoms with Crippen LogP contribution in [-0.4, -0.2) is 44.4 Å². The Morgan fingerprint density at radius 2 is 0.967 bits per heavy atom. The van der Waals surface area contributed by atoms with Gasteiger partial charge in [0.2, 0.25) is 11.5 Å². The van der Waals surface area contributed by atoms with Gasteiger partial charge in [0.05, 0.1) is 28.4 Å². The number of benzene rings is 2. The largest absolute Gasteiger partial charge is 0.502 e. The molecular weight excluding hydrogens is 388 g/mol. The lowest BCUT2D eigenvalue weighted by Gasteiger charge is -2.10. The predicted octanol–water partition coefficient (Wildman–Crippen LogP) is 3.96. The number of ketones is 1. The van der Waals surface area contributed by atoms with Gasteiger partial charge >= 0.3 is 0 Å². The Labute approximate surface area is 174 Å². The van der Waals surface area contributed by atoms with Crippen molar-refractivity contribution in [3.8, 4) is 34.5 Å². The Morgan fingerprint density at radius 1 is 0.667 bits per heavy atom. The summed E-state index contributed by atoms with van der Waals surface area (Å²) >= 11 is 0. The maximum absolute atomic E-state index is 12.9. The molecule has 2 aromatic carbocycles. The Balaban J connectivity index is 1.93. The molecule has 2 N–H and O–H groups in total. The first kappa shape index (κ1) is 21.1. The highest BCUT2D eigenvalue weighted by Gasteiger charge is 2.24. The van der Waals surface area contributed by atoms with Gasteiger partial charge in [-0.2, -0.15) is 0 Å². The van der Waals surface area contributed by atoms with Crippen molar-refractivity contribution in [1.82, 2.24) is 0 Å². The van der Waals surface area contributed by atoms with Crippen molar-refractivity contribution in [3.05, 3.63) is 46.5 Å². The van der Waals surface area contributed by atoms with Crippen LogP contribution in [0.2, 0.25) is 0 Å². The third-order valence-corrected chi connectivity index (χ3v) is 4.93. The summed E-state index contributed by atoms with van der Waals surface area (Å²) < 4.78 is 20.7. The fourth-order valence-corrected chi connectivity index (χ4v) is 3.37. The first-order chi connectivity index (χ1) is 14.4. The van der Waals surface area contributed by atoms with E-state index in [-0.39, 0.29) is 40.3 Å². The van der Waals surface area contributed by atoms with Crippen molar-refractivity contribution >= 4 is 17.9 Å². The highest BCUT2D eigenvalue weighted by atomic mass is 16.5. The number of allylic oxidation sites excluding steroid dienone is 2. The van der Waals surface area contributed by atoms with Crippen molar-refractivity contribution in [2.75, 3.05) is 28.4 Å². The van der Waals surface area contributed by atoms with E-state index in [1.165, 1.54) is 28.4 Å². The molecule has 0 heterocycles. The smallest absolute Gasteiger partial charge is 0.200 e. The van der Waals surface area contributed by atoms with E-state index in [0.717, 1.165) is 0 Å². The summed E-state index contributed by atoms with van der Waals surface area (Å²) in [5.74, 6) is 0.839. The molecule has 0 unspecified atom stereocenters. The number of hydrogen-bond acceptors (Lipinski definition) is 7. The molecule has 158 valence electrons. The third kappa shape index (κ3) is 4.05. The molecule has 2 aromatic rings. The second-order valence-corrected chi connectivity index (χ2v) is 6.72. The van der Waals surface area contributed by atoms with Crippen molar-refractivity contribution in [2.24, 2.45) is 0 Å². The molecule has 7 heteroatoms. The number of Topliss-reactive ketones (excluding diaryl/α,β-unsaturated/α-hetero) is 1. The van der Waals surface area contributed by atoms with E-state index in [9.17, 15) is 15.0 Å². The average molecular weight is 412 g/mol. The summed E-state index contributed by atoms with van der Waals surface area (Å²) in [5, 5.41) is 20.1. The van der Waals surface area contributed by atoms with Crippen LogP contribution in [0.15, 0.2) is 35.4 Å². The monoisotopic (exact) mass is 412 g/mol. The standard InChI is InChI=1S/C23H24O7/c1-27-17-9-13(10-18(28-2)22(17)25)7-15-5-6-16(21(15)24)8-14-11-19(29-3)23(26)20(12-14)30-4/h7-12,25-26H,5-6H2,1-4H3/b15-7-,16-8+. The van der Waals surface area contributed by atoms with Gasteiger partial charge < -0.3 is 29.2 Å². The fourth-order valence-electron chi connectivity index (χ4n) is 3.37. The third-order valence-electron chi connectivity index (χ3n) is 4.93. The van der Waals surface area contributed by atoms with E-state index >= 15 is 0 Å². The summed E-state index contributed by atoms with van der Waals surface area (Å²) in [6, 6.07) is 6.59. The molecule has 7 nitrogen and oxygen atoms in total. The van der Waals surface area contributed by atoms with Gasteiger partial charge in [-0.05, 0) is 60.4 Å². The minimum absolute atomic E-state index is 0.0629. The van der Waals surface area contributed by atoms with Gasteiger partial charge in [-0.1, -0.05) is 0 Å². The van der Waals surface area contributed by atoms with Crippen molar-refractivity contribution in [1.29, 1.82) is 0 Å². The molecular formula is C23H24O7. The molecule has 0 atom stereocenters. The summed E-state index contributed by atoms with van der Waals surface area (Å²) in [6.07, 6.45) is 4.71. The Hall–Kier alpha value is -3.61. The number of hydrogen-bond donors (Lipinski definition) is 2. The molecule has 1 fully saturated rings. The van der Waals surface area contributed by atoms with Gasteiger partial charge in [0.1, 0.15) is 0 Å². The SMILES string of the molecule is COc1cc(/C=C2/CC/C(=C\c3cc(OC)c(O)c(OC)c3)C2=O)cc(OC)c1O. The highest BCUT2D eigenvalue weighted by Crippen LogP contribution is 2.40. The van der Waals surface area contributed by atoms with Crippen molar-refractivity contribution in [2.45, 2.75) is 12.8 Å². The second-order valence-electron chi connectivity index (χ2n) is 6.72. The first-order valence-electron chi connectivity index (χ1n) is 9.27. The lowest BCUT2D eigenvalue weighted by atomic mass is 10.1. The minimum Gasteiger partial charge on any atom is -0.502 e. The molecule has 3 rings (SSSR count). The van der Waals surface area contributed by atoms with E-state index in [1.54, 1.807) is 36.4 Å². The highest BCUT2D eigenvalue weighted by molar-refractivity contribution is 6.15. The van der Waals surface area contributed by atoms with Crippen LogP contribution in [0.25, 0.3) is 12.2 Å². The zero-order chi connectivity index (χ0) is 21.8. The number of carbonyl (C=O) groups excluding carboxylic acids is 1. The molecule has 0 radical (unpaired) electrons. The van der Waals surface area contributed by atoms with E-state index in [0.29, 0.717) is 35.1 Å². The van der Waals surface area contributed by atoms with Crippen LogP contribution in [-0.2, 0) is 4.79 Å². The van der Waals surface area contributed by atoms with Gasteiger partial charge in [0.15, 0.2) is 28.8 Å². The summed E-state index contributed by atoms with van der Waals surface area (Å²) in [5.41, 5.74) is 2.68. The lowest BCUT2D eigenvalue weighted by molar-refractivity contribution is -0.111. The van der Waals surface area contributed by atoms with Crippen LogP contribution in [0.5, 0.6) is 34.5 Å². The molecule has 0 spiro atoms. The molecule has 1 aliphatic rings. The molecule has 0 amide bonds. The zero-order valence-electron chi connectivity index (χ0n) is 17.3. The molecule has 0 aliphatic heterocycles. The van der Waals surface area contributed by atoms with Crippen LogP contribution in [0.3, 0.4) is 0 Å². The van der Waals surface area contributed by atoms with E-state index < -0.39 is 0 Å². The summed E-state index contributed by atoms with van der Waals surface area (Å²) in [6.45, 7) is 0. The number of phenols is 2.